The molecule has 0 radical (unpaired) electrons. The smallest absolute Gasteiger partial charge is 0.219 e. The van der Waals surface area contributed by atoms with Crippen LogP contribution in [0.3, 0.4) is 0 Å². The van der Waals surface area contributed by atoms with Gasteiger partial charge in [-0.05, 0) is 17.7 Å². The minimum absolute atomic E-state index is 0.510. The average molecular weight is 410 g/mol. The van der Waals surface area contributed by atoms with Crippen LogP contribution in [-0.4, -0.2) is 45.5 Å². The first-order valence-electron chi connectivity index (χ1n) is 9.42. The van der Waals surface area contributed by atoms with E-state index in [4.69, 9.17) is 23.7 Å². The topological polar surface area (TPSA) is 71.9 Å². The lowest BCUT2D eigenvalue weighted by Gasteiger charge is -2.13. The van der Waals surface area contributed by atoms with Gasteiger partial charge in [-0.25, -0.2) is 4.98 Å². The molecule has 0 amide bonds. The first kappa shape index (κ1) is 21.2. The van der Waals surface area contributed by atoms with Crippen molar-refractivity contribution in [1.82, 2.24) is 9.97 Å². The van der Waals surface area contributed by atoms with Crippen LogP contribution in [0.2, 0.25) is 0 Å². The van der Waals surface area contributed by atoms with E-state index in [1.165, 1.54) is 0 Å². The summed E-state index contributed by atoms with van der Waals surface area (Å²) in [5.74, 6) is 4.11. The molecule has 0 spiro atoms. The highest BCUT2D eigenvalue weighted by Crippen LogP contribution is 2.30. The quantitative estimate of drug-likeness (QED) is 0.533. The molecule has 0 unspecified atom stereocenters. The van der Waals surface area contributed by atoms with Crippen molar-refractivity contribution in [2.45, 2.75) is 12.8 Å². The first-order valence-corrected chi connectivity index (χ1v) is 9.42. The van der Waals surface area contributed by atoms with E-state index in [0.29, 0.717) is 24.5 Å². The Morgan fingerprint density at radius 3 is 1.70 bits per heavy atom. The Morgan fingerprint density at radius 1 is 0.633 bits per heavy atom. The van der Waals surface area contributed by atoms with Crippen molar-refractivity contribution in [1.29, 1.82) is 0 Å². The largest absolute Gasteiger partial charge is 0.497 e. The van der Waals surface area contributed by atoms with Crippen LogP contribution in [0.25, 0.3) is 0 Å². The predicted molar refractivity (Wildman–Crippen MR) is 113 cm³/mol. The van der Waals surface area contributed by atoms with Gasteiger partial charge in [0.15, 0.2) is 0 Å². The third kappa shape index (κ3) is 4.74. The maximum Gasteiger partial charge on any atom is 0.219 e. The molecule has 7 nitrogen and oxygen atoms in total. The standard InChI is InChI=1S/C23H26N2O5/c1-26-18-8-6-15(20(12-18)28-3)10-17-14-24-22(25-23(17)30-5)11-16-7-9-19(27-2)13-21(16)29-4/h6-9,12-14H,10-11H2,1-5H3. The Balaban J connectivity index is 1.85. The second kappa shape index (κ2) is 9.82. The number of rotatable bonds is 9. The zero-order valence-corrected chi connectivity index (χ0v) is 17.9. The summed E-state index contributed by atoms with van der Waals surface area (Å²) in [4.78, 5) is 9.15. The summed E-state index contributed by atoms with van der Waals surface area (Å²) in [6, 6.07) is 11.4. The third-order valence-electron chi connectivity index (χ3n) is 4.79. The summed E-state index contributed by atoms with van der Waals surface area (Å²) < 4.78 is 27.0. The van der Waals surface area contributed by atoms with Crippen molar-refractivity contribution in [3.63, 3.8) is 0 Å². The lowest BCUT2D eigenvalue weighted by molar-refractivity contribution is 0.385. The summed E-state index contributed by atoms with van der Waals surface area (Å²) >= 11 is 0. The van der Waals surface area contributed by atoms with Crippen LogP contribution in [0.1, 0.15) is 22.5 Å². The zero-order valence-electron chi connectivity index (χ0n) is 17.9. The number of ether oxygens (including phenoxy) is 5. The lowest BCUT2D eigenvalue weighted by Crippen LogP contribution is -2.05. The molecule has 0 saturated heterocycles. The summed E-state index contributed by atoms with van der Waals surface area (Å²) in [5, 5.41) is 0. The van der Waals surface area contributed by atoms with Gasteiger partial charge in [-0.3, -0.25) is 0 Å². The summed E-state index contributed by atoms with van der Waals surface area (Å²) in [7, 11) is 8.12. The highest BCUT2D eigenvalue weighted by atomic mass is 16.5. The van der Waals surface area contributed by atoms with Crippen LogP contribution in [-0.2, 0) is 12.8 Å². The fourth-order valence-electron chi connectivity index (χ4n) is 3.18. The molecule has 0 fully saturated rings. The second-order valence-electron chi connectivity index (χ2n) is 6.53. The van der Waals surface area contributed by atoms with Gasteiger partial charge in [0.25, 0.3) is 0 Å². The molecule has 3 aromatic rings. The summed E-state index contributed by atoms with van der Waals surface area (Å²) in [5.41, 5.74) is 2.82. The molecule has 1 aromatic heterocycles. The molecule has 3 rings (SSSR count). The van der Waals surface area contributed by atoms with E-state index in [0.717, 1.165) is 39.7 Å². The second-order valence-corrected chi connectivity index (χ2v) is 6.53. The van der Waals surface area contributed by atoms with Gasteiger partial charge in [0.05, 0.1) is 35.5 Å². The van der Waals surface area contributed by atoms with Gasteiger partial charge in [-0.2, -0.15) is 4.98 Å². The number of benzene rings is 2. The average Bonchev–Trinajstić information content (AvgIpc) is 2.80. The molecule has 0 aliphatic heterocycles. The van der Waals surface area contributed by atoms with Crippen molar-refractivity contribution >= 4 is 0 Å². The Morgan fingerprint density at radius 2 is 1.20 bits per heavy atom. The van der Waals surface area contributed by atoms with Gasteiger partial charge in [0, 0.05) is 42.3 Å². The predicted octanol–water partition coefficient (Wildman–Crippen LogP) is 3.70. The van der Waals surface area contributed by atoms with E-state index >= 15 is 0 Å². The fourth-order valence-corrected chi connectivity index (χ4v) is 3.18. The molecule has 0 aliphatic rings. The number of methoxy groups -OCH3 is 5. The van der Waals surface area contributed by atoms with E-state index in [1.54, 1.807) is 41.7 Å². The maximum absolute atomic E-state index is 5.54. The molecule has 0 atom stereocenters. The molecular weight excluding hydrogens is 384 g/mol. The molecule has 0 bridgehead atoms. The fraction of sp³-hybridized carbons (Fsp3) is 0.304. The minimum Gasteiger partial charge on any atom is -0.497 e. The molecule has 0 saturated carbocycles. The Kier molecular flexibility index (Phi) is 6.95. The van der Waals surface area contributed by atoms with Crippen molar-refractivity contribution in [3.05, 3.63) is 65.1 Å². The normalized spacial score (nSPS) is 10.4. The molecule has 0 N–H and O–H groups in total. The summed E-state index contributed by atoms with van der Waals surface area (Å²) in [6.45, 7) is 0. The van der Waals surface area contributed by atoms with Crippen LogP contribution in [0.15, 0.2) is 42.6 Å². The summed E-state index contributed by atoms with van der Waals surface area (Å²) in [6.07, 6.45) is 2.87. The Hall–Kier alpha value is -3.48. The first-order chi connectivity index (χ1) is 14.6. The zero-order chi connectivity index (χ0) is 21.5. The molecule has 30 heavy (non-hydrogen) atoms. The molecular formula is C23H26N2O5. The van der Waals surface area contributed by atoms with Crippen LogP contribution >= 0.6 is 0 Å². The number of nitrogens with zero attached hydrogens (tertiary/aromatic N) is 2. The van der Waals surface area contributed by atoms with Crippen LogP contribution in [0.5, 0.6) is 28.9 Å². The van der Waals surface area contributed by atoms with E-state index in [1.807, 2.05) is 36.4 Å². The molecule has 0 aliphatic carbocycles. The van der Waals surface area contributed by atoms with Crippen molar-refractivity contribution in [2.75, 3.05) is 35.5 Å². The van der Waals surface area contributed by atoms with Crippen LogP contribution in [0.4, 0.5) is 0 Å². The monoisotopic (exact) mass is 410 g/mol. The third-order valence-corrected chi connectivity index (χ3v) is 4.79. The molecule has 2 aromatic carbocycles. The van der Waals surface area contributed by atoms with Gasteiger partial charge in [0.1, 0.15) is 28.8 Å². The minimum atomic E-state index is 0.510. The lowest BCUT2D eigenvalue weighted by atomic mass is 10.1. The Bertz CT molecular complexity index is 1010. The van der Waals surface area contributed by atoms with E-state index in [9.17, 15) is 0 Å². The van der Waals surface area contributed by atoms with Crippen LogP contribution in [0, 0.1) is 0 Å². The van der Waals surface area contributed by atoms with Gasteiger partial charge in [-0.1, -0.05) is 12.1 Å². The van der Waals surface area contributed by atoms with E-state index < -0.39 is 0 Å². The van der Waals surface area contributed by atoms with Gasteiger partial charge < -0.3 is 23.7 Å². The number of aromatic nitrogens is 2. The van der Waals surface area contributed by atoms with E-state index in [2.05, 4.69) is 9.97 Å². The maximum atomic E-state index is 5.54. The number of hydrogen-bond donors (Lipinski definition) is 0. The highest BCUT2D eigenvalue weighted by molar-refractivity contribution is 5.45. The van der Waals surface area contributed by atoms with Gasteiger partial charge in [0.2, 0.25) is 5.88 Å². The number of hydrogen-bond acceptors (Lipinski definition) is 7. The molecule has 1 heterocycles. The van der Waals surface area contributed by atoms with Gasteiger partial charge >= 0.3 is 0 Å². The molecule has 7 heteroatoms. The van der Waals surface area contributed by atoms with Crippen molar-refractivity contribution in [3.8, 4) is 28.9 Å². The van der Waals surface area contributed by atoms with Crippen molar-refractivity contribution in [2.24, 2.45) is 0 Å². The molecule has 158 valence electrons. The van der Waals surface area contributed by atoms with E-state index in [-0.39, 0.29) is 0 Å². The van der Waals surface area contributed by atoms with Crippen molar-refractivity contribution < 1.29 is 23.7 Å². The SMILES string of the molecule is COc1ccc(Cc2ncc(Cc3ccc(OC)cc3OC)c(OC)n2)c(OC)c1. The Labute approximate surface area is 176 Å². The highest BCUT2D eigenvalue weighted by Gasteiger charge is 2.14. The van der Waals surface area contributed by atoms with Crippen LogP contribution < -0.4 is 23.7 Å². The van der Waals surface area contributed by atoms with Gasteiger partial charge in [-0.15, -0.1) is 0 Å².